The number of ether oxygens (including phenoxy) is 1. The number of nitrogens with one attached hydrogen (secondary N) is 1. The van der Waals surface area contributed by atoms with Gasteiger partial charge in [0.15, 0.2) is 6.61 Å². The van der Waals surface area contributed by atoms with Gasteiger partial charge in [-0.3, -0.25) is 0 Å². The van der Waals surface area contributed by atoms with Crippen LogP contribution in [0, 0.1) is 11.8 Å². The number of hydrogen-bond acceptors (Lipinski definition) is 5. The van der Waals surface area contributed by atoms with E-state index in [4.69, 9.17) is 20.9 Å². The molecular weight excluding hydrogens is 290 g/mol. The van der Waals surface area contributed by atoms with Crippen molar-refractivity contribution in [2.45, 2.75) is 18.9 Å². The first kappa shape index (κ1) is 13.1. The molecule has 2 aromatic rings. The molecule has 5 nitrogen and oxygen atoms in total. The quantitative estimate of drug-likeness (QED) is 0.941. The van der Waals surface area contributed by atoms with Gasteiger partial charge in [-0.2, -0.15) is 4.98 Å². The Labute approximate surface area is 127 Å². The molecule has 1 unspecified atom stereocenters. The number of aromatic nitrogens is 2. The summed E-state index contributed by atoms with van der Waals surface area (Å²) in [5, 5.41) is 8.02. The second kappa shape index (κ2) is 5.31. The maximum Gasteiger partial charge on any atom is 0.230 e. The normalized spacial score (nSPS) is 27.2. The summed E-state index contributed by atoms with van der Waals surface area (Å²) in [7, 11) is 0. The van der Waals surface area contributed by atoms with E-state index in [0.29, 0.717) is 34.4 Å². The molecular formula is C15H16ClN3O2. The molecule has 4 rings (SSSR count). The maximum atomic E-state index is 6.05. The third-order valence-electron chi connectivity index (χ3n) is 4.40. The van der Waals surface area contributed by atoms with E-state index in [1.165, 1.54) is 6.42 Å². The lowest BCUT2D eigenvalue weighted by Gasteiger charge is -2.47. The summed E-state index contributed by atoms with van der Waals surface area (Å²) in [5.41, 5.74) is 0. The zero-order valence-corrected chi connectivity index (χ0v) is 12.2. The molecule has 2 fully saturated rings. The van der Waals surface area contributed by atoms with Gasteiger partial charge in [-0.05, 0) is 43.5 Å². The number of hydrogen-bond donors (Lipinski definition) is 1. The van der Waals surface area contributed by atoms with Gasteiger partial charge in [-0.25, -0.2) is 0 Å². The molecule has 2 heterocycles. The van der Waals surface area contributed by atoms with Crippen LogP contribution in [0.1, 0.15) is 24.1 Å². The lowest BCUT2D eigenvalue weighted by atomic mass is 9.62. The van der Waals surface area contributed by atoms with E-state index in [1.807, 2.05) is 18.2 Å². The molecule has 1 aliphatic carbocycles. The summed E-state index contributed by atoms with van der Waals surface area (Å²) >= 11 is 6.05. The Balaban J connectivity index is 1.42. The molecule has 1 aromatic carbocycles. The van der Waals surface area contributed by atoms with Gasteiger partial charge in [-0.1, -0.05) is 28.9 Å². The van der Waals surface area contributed by atoms with Crippen LogP contribution in [0.25, 0.3) is 0 Å². The fourth-order valence-corrected chi connectivity index (χ4v) is 3.51. The van der Waals surface area contributed by atoms with E-state index in [-0.39, 0.29) is 6.61 Å². The number of benzene rings is 1. The average molecular weight is 306 g/mol. The highest BCUT2D eigenvalue weighted by Crippen LogP contribution is 2.48. The number of rotatable bonds is 4. The number of para-hydroxylation sites is 1. The molecule has 0 radical (unpaired) electrons. The van der Waals surface area contributed by atoms with Crippen molar-refractivity contribution in [2.75, 3.05) is 13.1 Å². The van der Waals surface area contributed by atoms with E-state index < -0.39 is 0 Å². The molecule has 3 atom stereocenters. The first-order valence-electron chi connectivity index (χ1n) is 7.22. The van der Waals surface area contributed by atoms with Crippen LogP contribution >= 0.6 is 11.6 Å². The van der Waals surface area contributed by atoms with Crippen LogP contribution in [-0.4, -0.2) is 23.2 Å². The summed E-state index contributed by atoms with van der Waals surface area (Å²) in [5.74, 6) is 3.67. The van der Waals surface area contributed by atoms with Gasteiger partial charge in [0.1, 0.15) is 5.75 Å². The van der Waals surface area contributed by atoms with Crippen molar-refractivity contribution >= 4 is 11.6 Å². The molecule has 0 spiro atoms. The Morgan fingerprint density at radius 3 is 2.86 bits per heavy atom. The van der Waals surface area contributed by atoms with E-state index in [2.05, 4.69) is 15.5 Å². The molecule has 2 bridgehead atoms. The predicted molar refractivity (Wildman–Crippen MR) is 77.3 cm³/mol. The fourth-order valence-electron chi connectivity index (χ4n) is 3.31. The monoisotopic (exact) mass is 305 g/mol. The predicted octanol–water partition coefficient (Wildman–Crippen LogP) is 2.62. The number of fused-ring (bicyclic) bond motifs is 2. The third-order valence-corrected chi connectivity index (χ3v) is 4.71. The summed E-state index contributed by atoms with van der Waals surface area (Å²) < 4.78 is 11.1. The van der Waals surface area contributed by atoms with Gasteiger partial charge in [0, 0.05) is 5.92 Å². The van der Waals surface area contributed by atoms with Crippen LogP contribution in [0.2, 0.25) is 5.02 Å². The smallest absolute Gasteiger partial charge is 0.230 e. The van der Waals surface area contributed by atoms with Crippen molar-refractivity contribution in [3.63, 3.8) is 0 Å². The molecule has 21 heavy (non-hydrogen) atoms. The van der Waals surface area contributed by atoms with Crippen molar-refractivity contribution in [1.82, 2.24) is 15.5 Å². The van der Waals surface area contributed by atoms with Crippen molar-refractivity contribution < 1.29 is 9.26 Å². The van der Waals surface area contributed by atoms with Gasteiger partial charge in [0.05, 0.1) is 5.02 Å². The second-order valence-corrected chi connectivity index (χ2v) is 6.12. The van der Waals surface area contributed by atoms with Gasteiger partial charge >= 0.3 is 0 Å². The Bertz CT molecular complexity index is 631. The second-order valence-electron chi connectivity index (χ2n) is 5.71. The first-order chi connectivity index (χ1) is 10.3. The fraction of sp³-hybridized carbons (Fsp3) is 0.467. The molecule has 0 amide bonds. The lowest BCUT2D eigenvalue weighted by Crippen LogP contribution is -2.51. The average Bonchev–Trinajstić information content (AvgIpc) is 2.95. The summed E-state index contributed by atoms with van der Waals surface area (Å²) in [4.78, 5) is 4.49. The van der Waals surface area contributed by atoms with Crippen molar-refractivity contribution in [3.05, 3.63) is 41.0 Å². The summed E-state index contributed by atoms with van der Waals surface area (Å²) in [6, 6.07) is 7.36. The Hall–Kier alpha value is -1.59. The van der Waals surface area contributed by atoms with Crippen LogP contribution in [0.15, 0.2) is 28.8 Å². The highest BCUT2D eigenvalue weighted by molar-refractivity contribution is 6.32. The molecule has 6 heteroatoms. The van der Waals surface area contributed by atoms with Crippen LogP contribution in [0.5, 0.6) is 5.75 Å². The van der Waals surface area contributed by atoms with Crippen LogP contribution in [-0.2, 0) is 6.61 Å². The SMILES string of the molecule is Clc1ccccc1OCc1noc(C2[C@@H]3CNC[C@H]2C3)n1. The van der Waals surface area contributed by atoms with Gasteiger partial charge < -0.3 is 14.6 Å². The van der Waals surface area contributed by atoms with Crippen molar-refractivity contribution in [3.8, 4) is 5.75 Å². The largest absolute Gasteiger partial charge is 0.484 e. The van der Waals surface area contributed by atoms with Crippen LogP contribution in [0.4, 0.5) is 0 Å². The van der Waals surface area contributed by atoms with Crippen molar-refractivity contribution in [1.29, 1.82) is 0 Å². The molecule has 1 saturated heterocycles. The molecule has 1 N–H and O–H groups in total. The number of nitrogens with zero attached hydrogens (tertiary/aromatic N) is 2. The number of halogens is 1. The summed E-state index contributed by atoms with van der Waals surface area (Å²) in [6.07, 6.45) is 1.27. The van der Waals surface area contributed by atoms with Gasteiger partial charge in [-0.15, -0.1) is 0 Å². The van der Waals surface area contributed by atoms with E-state index >= 15 is 0 Å². The van der Waals surface area contributed by atoms with E-state index in [0.717, 1.165) is 19.0 Å². The van der Waals surface area contributed by atoms with Gasteiger partial charge in [0.2, 0.25) is 11.7 Å². The topological polar surface area (TPSA) is 60.2 Å². The molecule has 1 aliphatic heterocycles. The Morgan fingerprint density at radius 2 is 2.10 bits per heavy atom. The summed E-state index contributed by atoms with van der Waals surface area (Å²) in [6.45, 7) is 2.37. The van der Waals surface area contributed by atoms with Crippen LogP contribution in [0.3, 0.4) is 0 Å². The Kier molecular flexibility index (Phi) is 3.31. The zero-order chi connectivity index (χ0) is 14.2. The molecule has 1 aromatic heterocycles. The van der Waals surface area contributed by atoms with Gasteiger partial charge in [0.25, 0.3) is 0 Å². The van der Waals surface area contributed by atoms with Crippen LogP contribution < -0.4 is 10.1 Å². The molecule has 1 saturated carbocycles. The minimum absolute atomic E-state index is 0.271. The van der Waals surface area contributed by atoms with Crippen molar-refractivity contribution in [2.24, 2.45) is 11.8 Å². The third kappa shape index (κ3) is 2.40. The first-order valence-corrected chi connectivity index (χ1v) is 7.59. The molecule has 2 aliphatic rings. The standard InChI is InChI=1S/C15H16ClN3O2/c16-11-3-1-2-4-12(11)20-8-13-18-15(21-19-13)14-9-5-10(14)7-17-6-9/h1-4,9-10,14,17H,5-8H2/t9-,10+,14?. The lowest BCUT2D eigenvalue weighted by molar-refractivity contribution is 0.0670. The number of piperidine rings is 2. The minimum atomic E-state index is 0.271. The highest BCUT2D eigenvalue weighted by atomic mass is 35.5. The molecule has 110 valence electrons. The van der Waals surface area contributed by atoms with E-state index in [9.17, 15) is 0 Å². The minimum Gasteiger partial charge on any atom is -0.484 e. The zero-order valence-electron chi connectivity index (χ0n) is 11.5. The van der Waals surface area contributed by atoms with E-state index in [1.54, 1.807) is 6.07 Å². The highest BCUT2D eigenvalue weighted by Gasteiger charge is 2.47. The Morgan fingerprint density at radius 1 is 1.29 bits per heavy atom. The maximum absolute atomic E-state index is 6.05.